The van der Waals surface area contributed by atoms with Crippen LogP contribution in [0.25, 0.3) is 11.5 Å². The van der Waals surface area contributed by atoms with Gasteiger partial charge in [0.05, 0.1) is 17.3 Å². The van der Waals surface area contributed by atoms with Gasteiger partial charge in [-0.1, -0.05) is 35.5 Å². The van der Waals surface area contributed by atoms with Gasteiger partial charge in [0.1, 0.15) is 5.75 Å². The van der Waals surface area contributed by atoms with E-state index in [-0.39, 0.29) is 5.91 Å². The molecule has 1 amide bonds. The third-order valence-electron chi connectivity index (χ3n) is 3.52. The normalized spacial score (nSPS) is 10.6. The van der Waals surface area contributed by atoms with Gasteiger partial charge in [-0.15, -0.1) is 10.2 Å². The molecule has 1 aromatic heterocycles. The molecule has 0 radical (unpaired) electrons. The summed E-state index contributed by atoms with van der Waals surface area (Å²) in [6, 6.07) is 14.6. The molecule has 8 heteroatoms. The fourth-order valence-electron chi connectivity index (χ4n) is 2.25. The number of hydrogen-bond donors (Lipinski definition) is 1. The Bertz CT molecular complexity index is 899. The molecule has 0 saturated carbocycles. The van der Waals surface area contributed by atoms with Crippen molar-refractivity contribution in [2.24, 2.45) is 0 Å². The maximum Gasteiger partial charge on any atom is 0.276 e. The average Bonchev–Trinajstić information content (AvgIpc) is 3.13. The number of benzene rings is 2. The number of carbonyl (C=O) groups excluding carboxylic acids is 1. The van der Waals surface area contributed by atoms with Gasteiger partial charge in [0.2, 0.25) is 11.8 Å². The standard InChI is InChI=1S/C19H18ClN3O3S/c1-2-25-14-9-7-13(8-10-14)18-22-23-19(26-18)27-12-11-17(24)21-16-6-4-3-5-15(16)20/h3-10H,2,11-12H2,1H3,(H,21,24). The zero-order chi connectivity index (χ0) is 19.1. The van der Waals surface area contributed by atoms with E-state index in [1.54, 1.807) is 12.1 Å². The molecule has 0 aliphatic rings. The lowest BCUT2D eigenvalue weighted by molar-refractivity contribution is -0.115. The number of hydrogen-bond acceptors (Lipinski definition) is 6. The predicted octanol–water partition coefficient (Wildman–Crippen LogP) is 4.91. The summed E-state index contributed by atoms with van der Waals surface area (Å²) in [5.41, 5.74) is 1.42. The molecule has 0 fully saturated rings. The zero-order valence-electron chi connectivity index (χ0n) is 14.6. The van der Waals surface area contributed by atoms with Crippen LogP contribution in [-0.2, 0) is 4.79 Å². The Balaban J connectivity index is 1.49. The van der Waals surface area contributed by atoms with E-state index < -0.39 is 0 Å². The van der Waals surface area contributed by atoms with Crippen LogP contribution >= 0.6 is 23.4 Å². The van der Waals surface area contributed by atoms with Crippen LogP contribution in [-0.4, -0.2) is 28.5 Å². The molecule has 0 unspecified atom stereocenters. The number of aromatic nitrogens is 2. The molecule has 0 bridgehead atoms. The minimum Gasteiger partial charge on any atom is -0.494 e. The van der Waals surface area contributed by atoms with Gasteiger partial charge in [-0.2, -0.15) is 0 Å². The van der Waals surface area contributed by atoms with E-state index in [1.165, 1.54) is 11.8 Å². The number of halogens is 1. The maximum atomic E-state index is 12.0. The van der Waals surface area contributed by atoms with Crippen molar-refractivity contribution in [1.82, 2.24) is 10.2 Å². The Kier molecular flexibility index (Phi) is 6.73. The fraction of sp³-hybridized carbons (Fsp3) is 0.211. The molecule has 1 N–H and O–H groups in total. The van der Waals surface area contributed by atoms with Gasteiger partial charge >= 0.3 is 0 Å². The van der Waals surface area contributed by atoms with E-state index in [4.69, 9.17) is 20.8 Å². The number of nitrogens with one attached hydrogen (secondary N) is 1. The minimum atomic E-state index is -0.123. The topological polar surface area (TPSA) is 77.2 Å². The van der Waals surface area contributed by atoms with Crippen LogP contribution in [0.1, 0.15) is 13.3 Å². The van der Waals surface area contributed by atoms with Crippen LogP contribution in [0.2, 0.25) is 5.02 Å². The van der Waals surface area contributed by atoms with E-state index in [9.17, 15) is 4.79 Å². The van der Waals surface area contributed by atoms with Crippen LogP contribution in [0.5, 0.6) is 5.75 Å². The summed E-state index contributed by atoms with van der Waals surface area (Å²) in [5.74, 6) is 1.61. The van der Waals surface area contributed by atoms with Gasteiger partial charge in [0.15, 0.2) is 0 Å². The summed E-state index contributed by atoms with van der Waals surface area (Å²) in [6.45, 7) is 2.55. The van der Waals surface area contributed by atoms with Crippen LogP contribution in [0.15, 0.2) is 58.2 Å². The molecule has 6 nitrogen and oxygen atoms in total. The smallest absolute Gasteiger partial charge is 0.276 e. The fourth-order valence-corrected chi connectivity index (χ4v) is 3.13. The molecule has 140 valence electrons. The molecule has 0 saturated heterocycles. The summed E-state index contributed by atoms with van der Waals surface area (Å²) in [7, 11) is 0. The lowest BCUT2D eigenvalue weighted by Crippen LogP contribution is -2.12. The Morgan fingerprint density at radius 1 is 1.19 bits per heavy atom. The molecule has 0 aliphatic carbocycles. The Morgan fingerprint density at radius 3 is 2.70 bits per heavy atom. The van der Waals surface area contributed by atoms with Crippen molar-refractivity contribution < 1.29 is 13.9 Å². The Morgan fingerprint density at radius 2 is 1.96 bits per heavy atom. The molecule has 0 atom stereocenters. The highest BCUT2D eigenvalue weighted by molar-refractivity contribution is 7.99. The molecule has 27 heavy (non-hydrogen) atoms. The summed E-state index contributed by atoms with van der Waals surface area (Å²) in [5, 5.41) is 11.8. The summed E-state index contributed by atoms with van der Waals surface area (Å²) in [4.78, 5) is 12.0. The number of amides is 1. The van der Waals surface area contributed by atoms with Crippen molar-refractivity contribution in [3.05, 3.63) is 53.6 Å². The van der Waals surface area contributed by atoms with Gasteiger partial charge in [-0.3, -0.25) is 4.79 Å². The highest BCUT2D eigenvalue weighted by atomic mass is 35.5. The van der Waals surface area contributed by atoms with Crippen molar-refractivity contribution in [2.45, 2.75) is 18.6 Å². The van der Waals surface area contributed by atoms with Gasteiger partial charge in [0, 0.05) is 17.7 Å². The van der Waals surface area contributed by atoms with E-state index in [1.807, 2.05) is 43.3 Å². The first-order valence-corrected chi connectivity index (χ1v) is 9.76. The van der Waals surface area contributed by atoms with E-state index in [2.05, 4.69) is 15.5 Å². The van der Waals surface area contributed by atoms with E-state index in [0.29, 0.717) is 40.6 Å². The van der Waals surface area contributed by atoms with Crippen LogP contribution in [0.4, 0.5) is 5.69 Å². The first-order valence-electron chi connectivity index (χ1n) is 8.39. The maximum absolute atomic E-state index is 12.0. The molecule has 3 rings (SSSR count). The number of thioether (sulfide) groups is 1. The first kappa shape index (κ1) is 19.3. The molecule has 2 aromatic carbocycles. The summed E-state index contributed by atoms with van der Waals surface area (Å²) in [6.07, 6.45) is 0.302. The van der Waals surface area contributed by atoms with Crippen molar-refractivity contribution in [1.29, 1.82) is 0 Å². The predicted molar refractivity (Wildman–Crippen MR) is 106 cm³/mol. The molecule has 0 aliphatic heterocycles. The second-order valence-electron chi connectivity index (χ2n) is 5.46. The van der Waals surface area contributed by atoms with Crippen LogP contribution in [0, 0.1) is 0 Å². The van der Waals surface area contributed by atoms with Gasteiger partial charge in [0.25, 0.3) is 5.22 Å². The van der Waals surface area contributed by atoms with E-state index >= 15 is 0 Å². The number of ether oxygens (including phenoxy) is 1. The SMILES string of the molecule is CCOc1ccc(-c2nnc(SCCC(=O)Nc3ccccc3Cl)o2)cc1. The number of rotatable bonds is 8. The van der Waals surface area contributed by atoms with Crippen molar-refractivity contribution in [2.75, 3.05) is 17.7 Å². The number of anilines is 1. The summed E-state index contributed by atoms with van der Waals surface area (Å²) >= 11 is 7.36. The molecule has 1 heterocycles. The van der Waals surface area contributed by atoms with Crippen LogP contribution in [0.3, 0.4) is 0 Å². The Hall–Kier alpha value is -2.51. The summed E-state index contributed by atoms with van der Waals surface area (Å²) < 4.78 is 11.0. The largest absolute Gasteiger partial charge is 0.494 e. The molecular weight excluding hydrogens is 386 g/mol. The Labute approximate surface area is 166 Å². The second kappa shape index (κ2) is 9.43. The third kappa shape index (κ3) is 5.48. The third-order valence-corrected chi connectivity index (χ3v) is 4.67. The molecule has 0 spiro atoms. The minimum absolute atomic E-state index is 0.123. The lowest BCUT2D eigenvalue weighted by Gasteiger charge is -2.05. The highest BCUT2D eigenvalue weighted by Crippen LogP contribution is 2.25. The highest BCUT2D eigenvalue weighted by Gasteiger charge is 2.11. The number of nitrogens with zero attached hydrogens (tertiary/aromatic N) is 2. The zero-order valence-corrected chi connectivity index (χ0v) is 16.2. The number of carbonyl (C=O) groups is 1. The molecule has 3 aromatic rings. The molecular formula is C19H18ClN3O3S. The number of para-hydroxylation sites is 1. The van der Waals surface area contributed by atoms with Gasteiger partial charge in [-0.05, 0) is 43.3 Å². The van der Waals surface area contributed by atoms with E-state index in [0.717, 1.165) is 11.3 Å². The second-order valence-corrected chi connectivity index (χ2v) is 6.91. The van der Waals surface area contributed by atoms with Crippen LogP contribution < -0.4 is 10.1 Å². The monoisotopic (exact) mass is 403 g/mol. The van der Waals surface area contributed by atoms with Crippen molar-refractivity contribution >= 4 is 35.0 Å². The quantitative estimate of drug-likeness (QED) is 0.538. The van der Waals surface area contributed by atoms with Crippen molar-refractivity contribution in [3.8, 4) is 17.2 Å². The lowest BCUT2D eigenvalue weighted by atomic mass is 10.2. The van der Waals surface area contributed by atoms with Gasteiger partial charge in [-0.25, -0.2) is 0 Å². The average molecular weight is 404 g/mol. The van der Waals surface area contributed by atoms with Gasteiger partial charge < -0.3 is 14.5 Å². The first-order chi connectivity index (χ1) is 13.2. The van der Waals surface area contributed by atoms with Crippen molar-refractivity contribution in [3.63, 3.8) is 0 Å².